The summed E-state index contributed by atoms with van der Waals surface area (Å²) >= 11 is 1.67. The standard InChI is InChI=1S/C15H16N4S/c16-13-6-9-20-15(13)10-17-14-5-2-1-4-12(14)11-19-8-3-7-18-19/h1-9,17H,10-11,16H2. The molecule has 3 rings (SSSR count). The zero-order valence-electron chi connectivity index (χ0n) is 11.0. The van der Waals surface area contributed by atoms with Gasteiger partial charge in [-0.3, -0.25) is 4.68 Å². The van der Waals surface area contributed by atoms with E-state index >= 15 is 0 Å². The molecule has 2 aromatic heterocycles. The molecule has 0 atom stereocenters. The first kappa shape index (κ1) is 12.7. The summed E-state index contributed by atoms with van der Waals surface area (Å²) < 4.78 is 1.92. The van der Waals surface area contributed by atoms with E-state index in [1.54, 1.807) is 17.5 Å². The maximum absolute atomic E-state index is 5.91. The molecule has 2 heterocycles. The summed E-state index contributed by atoms with van der Waals surface area (Å²) in [6.07, 6.45) is 3.76. The number of benzene rings is 1. The number of nitrogens with one attached hydrogen (secondary N) is 1. The maximum Gasteiger partial charge on any atom is 0.0679 e. The van der Waals surface area contributed by atoms with Crippen LogP contribution >= 0.6 is 11.3 Å². The van der Waals surface area contributed by atoms with E-state index in [1.807, 2.05) is 40.5 Å². The summed E-state index contributed by atoms with van der Waals surface area (Å²) in [5.74, 6) is 0. The fourth-order valence-corrected chi connectivity index (χ4v) is 2.81. The van der Waals surface area contributed by atoms with Crippen LogP contribution in [-0.2, 0) is 13.1 Å². The van der Waals surface area contributed by atoms with Gasteiger partial charge in [0.05, 0.1) is 13.1 Å². The second-order valence-electron chi connectivity index (χ2n) is 4.51. The lowest BCUT2D eigenvalue weighted by Crippen LogP contribution is -2.06. The largest absolute Gasteiger partial charge is 0.398 e. The van der Waals surface area contributed by atoms with Gasteiger partial charge in [-0.1, -0.05) is 18.2 Å². The van der Waals surface area contributed by atoms with Crippen LogP contribution in [-0.4, -0.2) is 9.78 Å². The Labute approximate surface area is 121 Å². The van der Waals surface area contributed by atoms with Crippen LogP contribution in [0.25, 0.3) is 0 Å². The van der Waals surface area contributed by atoms with Gasteiger partial charge in [-0.15, -0.1) is 11.3 Å². The fraction of sp³-hybridized carbons (Fsp3) is 0.133. The van der Waals surface area contributed by atoms with Gasteiger partial charge < -0.3 is 11.1 Å². The summed E-state index contributed by atoms with van der Waals surface area (Å²) in [5.41, 5.74) is 9.10. The van der Waals surface area contributed by atoms with Crippen molar-refractivity contribution in [2.24, 2.45) is 0 Å². The summed E-state index contributed by atoms with van der Waals surface area (Å²) in [5, 5.41) is 9.72. The Morgan fingerprint density at radius 2 is 2.10 bits per heavy atom. The van der Waals surface area contributed by atoms with E-state index in [2.05, 4.69) is 22.5 Å². The van der Waals surface area contributed by atoms with Crippen LogP contribution in [0.15, 0.2) is 54.2 Å². The van der Waals surface area contributed by atoms with Crippen LogP contribution in [0, 0.1) is 0 Å². The number of hydrogen-bond acceptors (Lipinski definition) is 4. The Kier molecular flexibility index (Phi) is 3.69. The van der Waals surface area contributed by atoms with Crippen molar-refractivity contribution in [3.8, 4) is 0 Å². The molecule has 4 nitrogen and oxygen atoms in total. The van der Waals surface area contributed by atoms with Gasteiger partial charge in [0.2, 0.25) is 0 Å². The molecule has 0 saturated heterocycles. The first-order valence-corrected chi connectivity index (χ1v) is 7.32. The number of rotatable bonds is 5. The van der Waals surface area contributed by atoms with Crippen LogP contribution in [0.5, 0.6) is 0 Å². The average Bonchev–Trinajstić information content (AvgIpc) is 3.10. The Bertz CT molecular complexity index is 673. The maximum atomic E-state index is 5.91. The van der Waals surface area contributed by atoms with Gasteiger partial charge in [0.1, 0.15) is 0 Å². The van der Waals surface area contributed by atoms with Crippen molar-refractivity contribution in [3.63, 3.8) is 0 Å². The summed E-state index contributed by atoms with van der Waals surface area (Å²) in [6.45, 7) is 1.51. The molecule has 5 heteroatoms. The van der Waals surface area contributed by atoms with Gasteiger partial charge in [-0.05, 0) is 29.1 Å². The van der Waals surface area contributed by atoms with E-state index < -0.39 is 0 Å². The summed E-state index contributed by atoms with van der Waals surface area (Å²) in [4.78, 5) is 1.17. The normalized spacial score (nSPS) is 10.6. The third-order valence-electron chi connectivity index (χ3n) is 3.13. The highest BCUT2D eigenvalue weighted by Crippen LogP contribution is 2.22. The highest BCUT2D eigenvalue weighted by Gasteiger charge is 2.05. The molecule has 0 amide bonds. The number of nitrogens with two attached hydrogens (primary N) is 1. The van der Waals surface area contributed by atoms with Crippen LogP contribution in [0.1, 0.15) is 10.4 Å². The molecule has 0 aliphatic heterocycles. The molecule has 0 bridgehead atoms. The van der Waals surface area contributed by atoms with Crippen molar-refractivity contribution in [2.45, 2.75) is 13.1 Å². The van der Waals surface area contributed by atoms with Crippen molar-refractivity contribution in [1.82, 2.24) is 9.78 Å². The predicted octanol–water partition coefficient (Wildman–Crippen LogP) is 3.19. The first-order chi connectivity index (χ1) is 9.83. The van der Waals surface area contributed by atoms with E-state index in [9.17, 15) is 0 Å². The van der Waals surface area contributed by atoms with E-state index in [0.29, 0.717) is 0 Å². The van der Waals surface area contributed by atoms with E-state index in [4.69, 9.17) is 5.73 Å². The number of nitrogens with zero attached hydrogens (tertiary/aromatic N) is 2. The van der Waals surface area contributed by atoms with Gasteiger partial charge in [-0.25, -0.2) is 0 Å². The molecule has 0 saturated carbocycles. The van der Waals surface area contributed by atoms with Crippen molar-refractivity contribution in [1.29, 1.82) is 0 Å². The van der Waals surface area contributed by atoms with Crippen LogP contribution < -0.4 is 11.1 Å². The summed E-state index contributed by atoms with van der Waals surface area (Å²) in [7, 11) is 0. The topological polar surface area (TPSA) is 55.9 Å². The number of aromatic nitrogens is 2. The van der Waals surface area contributed by atoms with Crippen molar-refractivity contribution < 1.29 is 0 Å². The summed E-state index contributed by atoms with van der Waals surface area (Å²) in [6, 6.07) is 12.2. The lowest BCUT2D eigenvalue weighted by atomic mass is 10.1. The number of para-hydroxylation sites is 1. The zero-order valence-corrected chi connectivity index (χ0v) is 11.8. The Hall–Kier alpha value is -2.27. The van der Waals surface area contributed by atoms with Crippen molar-refractivity contribution in [2.75, 3.05) is 11.1 Å². The molecule has 0 unspecified atom stereocenters. The van der Waals surface area contributed by atoms with Gasteiger partial charge in [0.25, 0.3) is 0 Å². The Balaban J connectivity index is 1.74. The van der Waals surface area contributed by atoms with Gasteiger partial charge in [0.15, 0.2) is 0 Å². The van der Waals surface area contributed by atoms with E-state index in [0.717, 1.165) is 24.5 Å². The molecule has 0 fully saturated rings. The molecule has 102 valence electrons. The monoisotopic (exact) mass is 284 g/mol. The lowest BCUT2D eigenvalue weighted by Gasteiger charge is -2.12. The molecule has 3 N–H and O–H groups in total. The number of hydrogen-bond donors (Lipinski definition) is 2. The van der Waals surface area contributed by atoms with Gasteiger partial charge in [0, 0.05) is 28.6 Å². The lowest BCUT2D eigenvalue weighted by molar-refractivity contribution is 0.687. The quantitative estimate of drug-likeness (QED) is 0.756. The van der Waals surface area contributed by atoms with E-state index in [1.165, 1.54) is 10.4 Å². The minimum Gasteiger partial charge on any atom is -0.398 e. The SMILES string of the molecule is Nc1ccsc1CNc1ccccc1Cn1cccn1. The van der Waals surface area contributed by atoms with Crippen LogP contribution in [0.4, 0.5) is 11.4 Å². The molecular weight excluding hydrogens is 268 g/mol. The first-order valence-electron chi connectivity index (χ1n) is 6.44. The van der Waals surface area contributed by atoms with Gasteiger partial charge >= 0.3 is 0 Å². The Morgan fingerprint density at radius 3 is 2.85 bits per heavy atom. The average molecular weight is 284 g/mol. The van der Waals surface area contributed by atoms with Crippen molar-refractivity contribution >= 4 is 22.7 Å². The third kappa shape index (κ3) is 2.83. The van der Waals surface area contributed by atoms with Crippen LogP contribution in [0.3, 0.4) is 0 Å². The highest BCUT2D eigenvalue weighted by molar-refractivity contribution is 7.10. The third-order valence-corrected chi connectivity index (χ3v) is 4.06. The smallest absolute Gasteiger partial charge is 0.0679 e. The Morgan fingerprint density at radius 1 is 1.20 bits per heavy atom. The highest BCUT2D eigenvalue weighted by atomic mass is 32.1. The predicted molar refractivity (Wildman–Crippen MR) is 83.8 cm³/mol. The fourth-order valence-electron chi connectivity index (χ4n) is 2.07. The van der Waals surface area contributed by atoms with E-state index in [-0.39, 0.29) is 0 Å². The minimum atomic E-state index is 0.750. The minimum absolute atomic E-state index is 0.750. The van der Waals surface area contributed by atoms with Gasteiger partial charge in [-0.2, -0.15) is 5.10 Å². The number of anilines is 2. The van der Waals surface area contributed by atoms with Crippen molar-refractivity contribution in [3.05, 3.63) is 64.6 Å². The molecule has 3 aromatic rings. The number of nitrogen functional groups attached to an aromatic ring is 1. The zero-order chi connectivity index (χ0) is 13.8. The molecule has 0 radical (unpaired) electrons. The second kappa shape index (κ2) is 5.79. The molecular formula is C15H16N4S. The van der Waals surface area contributed by atoms with Crippen LogP contribution in [0.2, 0.25) is 0 Å². The molecule has 1 aromatic carbocycles. The molecule has 20 heavy (non-hydrogen) atoms. The molecule has 0 aliphatic rings. The molecule has 0 spiro atoms. The number of thiophene rings is 1. The second-order valence-corrected chi connectivity index (χ2v) is 5.51. The molecule has 0 aliphatic carbocycles.